The Morgan fingerprint density at radius 3 is 1.19 bits per heavy atom. The van der Waals surface area contributed by atoms with Crippen LogP contribution in [0, 0.1) is 23.7 Å². The van der Waals surface area contributed by atoms with Crippen LogP contribution in [-0.2, 0) is 48.7 Å². The second kappa shape index (κ2) is 26.6. The summed E-state index contributed by atoms with van der Waals surface area (Å²) in [6.07, 6.45) is 3.44. The molecule has 7 heterocycles. The second-order valence-corrected chi connectivity index (χ2v) is 29.0. The Labute approximate surface area is 508 Å². The van der Waals surface area contributed by atoms with Crippen LogP contribution in [0.25, 0.3) is 33.8 Å². The number of carboxylic acid groups (broad SMARTS) is 1. The van der Waals surface area contributed by atoms with E-state index in [-0.39, 0.29) is 130 Å². The van der Waals surface area contributed by atoms with Crippen LogP contribution in [0.4, 0.5) is 0 Å². The van der Waals surface area contributed by atoms with Crippen LogP contribution >= 0.6 is 0 Å². The van der Waals surface area contributed by atoms with Crippen LogP contribution in [0.5, 0.6) is 0 Å². The van der Waals surface area contributed by atoms with E-state index in [0.717, 1.165) is 16.7 Å². The smallest absolute Gasteiger partial charge is 0.308 e. The van der Waals surface area contributed by atoms with Crippen LogP contribution in [0.15, 0.2) is 127 Å². The lowest BCUT2D eigenvalue weighted by molar-refractivity contribution is -0.140. The Bertz CT molecular complexity index is 4060. The highest BCUT2D eigenvalue weighted by Gasteiger charge is 2.43. The van der Waals surface area contributed by atoms with Gasteiger partial charge in [-0.1, -0.05) is 106 Å². The highest BCUT2D eigenvalue weighted by Crippen LogP contribution is 2.38. The SMILES string of the molecule is NC(=O)C1CC(NC(=O)c2cc(-c3ccccc3)no2)C1.O=C(NC1CC(C(=O)NCC(=O)C2CS(=O)(=O)C2)C1)c1cc(-c2ccccc2)no1.O=C(NC1CC(c2nnc(C3CS(=O)(=O)C3)o2)C1)c1cc(-c2ccccc2)no1.O=C(O)C1CS(=O)(=O)C1. The number of aliphatic carboxylic acids is 1. The van der Waals surface area contributed by atoms with Crippen molar-refractivity contribution in [2.45, 2.75) is 68.5 Å². The number of ketones is 1. The zero-order valence-electron chi connectivity index (χ0n) is 47.2. The number of hydrogen-bond acceptors (Lipinski definition) is 22. The van der Waals surface area contributed by atoms with Crippen molar-refractivity contribution in [3.63, 3.8) is 0 Å². The van der Waals surface area contributed by atoms with Gasteiger partial charge in [-0.2, -0.15) is 0 Å². The molecule has 3 aliphatic heterocycles. The minimum Gasteiger partial charge on any atom is -0.481 e. The van der Waals surface area contributed by atoms with Gasteiger partial charge in [0.25, 0.3) is 17.7 Å². The number of Topliss-reactive ketones (excluding diaryl/α,β-unsaturated/α-hetero) is 1. The van der Waals surface area contributed by atoms with E-state index in [4.69, 9.17) is 28.8 Å². The lowest BCUT2D eigenvalue weighted by Crippen LogP contribution is -2.51. The maximum Gasteiger partial charge on any atom is 0.308 e. The molecule has 7 aromatic rings. The Hall–Kier alpha value is -9.23. The molecule has 6 aliphatic rings. The molecule has 7 N–H and O–H groups in total. The molecule has 6 fully saturated rings. The molecule has 4 aromatic heterocycles. The lowest BCUT2D eigenvalue weighted by Gasteiger charge is -2.34. The van der Waals surface area contributed by atoms with Crippen molar-refractivity contribution < 1.29 is 81.9 Å². The van der Waals surface area contributed by atoms with E-state index in [2.05, 4.69) is 46.9 Å². The Morgan fingerprint density at radius 2 is 0.831 bits per heavy atom. The van der Waals surface area contributed by atoms with Gasteiger partial charge in [0, 0.05) is 76.7 Å². The van der Waals surface area contributed by atoms with E-state index in [1.54, 1.807) is 18.2 Å². The van der Waals surface area contributed by atoms with Crippen LogP contribution in [-0.4, -0.2) is 157 Å². The van der Waals surface area contributed by atoms with Crippen LogP contribution in [0.2, 0.25) is 0 Å². The fourth-order valence-electron chi connectivity index (χ4n) is 10.2. The third-order valence-electron chi connectivity index (χ3n) is 15.7. The largest absolute Gasteiger partial charge is 0.481 e. The summed E-state index contributed by atoms with van der Waals surface area (Å²) in [4.78, 5) is 81.6. The number of carboxylic acids is 1. The number of hydrogen-bond donors (Lipinski definition) is 6. The van der Waals surface area contributed by atoms with E-state index in [9.17, 15) is 58.8 Å². The standard InChI is InChI=1S/C20H21N3O6S.C19H18N4O5S.C15H15N3O3.C4H6O4S/c24-17(14-10-30(27,28)11-14)9-21-19(25)13-6-15(7-13)22-20(26)18-8-16(23-29-18)12-4-2-1-3-5-12;24-17(16-8-15(23-28-16)11-4-2-1-3-5-11)20-14-6-12(7-14)18-21-22-19(27-18)13-9-29(25,26)10-13;16-14(19)10-6-11(7-10)17-15(20)13-8-12(18-21-13)9-4-2-1-3-5-9;5-4(6)3-1-9(7,8)2-3/h1-5,8,13-15H,6-7,9-11H2,(H,21,25)(H,22,26);1-5,8,12-14H,6-7,9-10H2,(H,20,24);1-5,8,10-11H,6-7H2,(H2,16,19)(H,17,20);3H,1-2H2,(H,5,6). The second-order valence-electron chi connectivity index (χ2n) is 22.6. The summed E-state index contributed by atoms with van der Waals surface area (Å²) in [6.45, 7) is -0.160. The molecule has 0 bridgehead atoms. The fourth-order valence-corrected chi connectivity index (χ4v) is 14.5. The van der Waals surface area contributed by atoms with Crippen molar-refractivity contribution in [3.05, 3.63) is 138 Å². The minimum absolute atomic E-state index is 0.0165. The highest BCUT2D eigenvalue weighted by molar-refractivity contribution is 7.93. The molecule has 89 heavy (non-hydrogen) atoms. The van der Waals surface area contributed by atoms with Crippen molar-refractivity contribution in [2.75, 3.05) is 41.1 Å². The molecule has 13 rings (SSSR count). The lowest BCUT2D eigenvalue weighted by atomic mass is 9.79. The van der Waals surface area contributed by atoms with Crippen LogP contribution in [0.3, 0.4) is 0 Å². The molecule has 0 spiro atoms. The third-order valence-corrected chi connectivity index (χ3v) is 21.2. The van der Waals surface area contributed by atoms with Crippen molar-refractivity contribution in [3.8, 4) is 33.8 Å². The van der Waals surface area contributed by atoms with Gasteiger partial charge < -0.3 is 50.1 Å². The first-order valence-corrected chi connectivity index (χ1v) is 33.6. The summed E-state index contributed by atoms with van der Waals surface area (Å²) in [5.41, 5.74) is 9.59. The zero-order chi connectivity index (χ0) is 63.2. The molecule has 0 unspecified atom stereocenters. The van der Waals surface area contributed by atoms with Crippen molar-refractivity contribution in [2.24, 2.45) is 29.4 Å². The summed E-state index contributed by atoms with van der Waals surface area (Å²) < 4.78 is 86.5. The van der Waals surface area contributed by atoms with Crippen LogP contribution < -0.4 is 27.0 Å². The Kier molecular flexibility index (Phi) is 18.8. The van der Waals surface area contributed by atoms with E-state index in [1.165, 1.54) is 0 Å². The number of nitrogens with zero attached hydrogens (tertiary/aromatic N) is 5. The first-order valence-electron chi connectivity index (χ1n) is 28.2. The van der Waals surface area contributed by atoms with Crippen molar-refractivity contribution >= 4 is 70.8 Å². The normalized spacial score (nSPS) is 22.5. The van der Waals surface area contributed by atoms with E-state index in [0.29, 0.717) is 67.4 Å². The van der Waals surface area contributed by atoms with Gasteiger partial charge in [0.2, 0.25) is 40.9 Å². The number of sulfone groups is 3. The number of nitrogens with two attached hydrogens (primary N) is 1. The first-order chi connectivity index (χ1) is 42.4. The van der Waals surface area contributed by atoms with Gasteiger partial charge in [-0.05, 0) is 38.5 Å². The number of primary amides is 1. The Morgan fingerprint density at radius 1 is 0.472 bits per heavy atom. The molecule has 5 amide bonds. The highest BCUT2D eigenvalue weighted by atomic mass is 32.2. The molecular weight excluding hydrogens is 1220 g/mol. The van der Waals surface area contributed by atoms with Crippen LogP contribution in [0.1, 0.15) is 93.8 Å². The van der Waals surface area contributed by atoms with E-state index >= 15 is 0 Å². The van der Waals surface area contributed by atoms with Crippen molar-refractivity contribution in [1.82, 2.24) is 46.9 Å². The van der Waals surface area contributed by atoms with Gasteiger partial charge in [-0.25, -0.2) is 25.3 Å². The third kappa shape index (κ3) is 16.1. The number of carbonyl (C=O) groups excluding carboxylic acids is 6. The maximum atomic E-state index is 12.4. The van der Waals surface area contributed by atoms with Gasteiger partial charge in [-0.15, -0.1) is 10.2 Å². The summed E-state index contributed by atoms with van der Waals surface area (Å²) in [5, 5.41) is 39.1. The minimum atomic E-state index is -3.07. The van der Waals surface area contributed by atoms with E-state index in [1.807, 2.05) is 91.0 Å². The molecule has 0 atom stereocenters. The fraction of sp³-hybridized carbons (Fsp3) is 0.379. The number of amides is 5. The summed E-state index contributed by atoms with van der Waals surface area (Å²) in [5.74, 6) is -3.74. The van der Waals surface area contributed by atoms with Gasteiger partial charge >= 0.3 is 5.97 Å². The van der Waals surface area contributed by atoms with Gasteiger partial charge in [0.15, 0.2) is 35.3 Å². The predicted octanol–water partition coefficient (Wildman–Crippen LogP) is 2.94. The quantitative estimate of drug-likeness (QED) is 0.0763. The number of carbonyl (C=O) groups is 7. The van der Waals surface area contributed by atoms with Crippen molar-refractivity contribution in [1.29, 1.82) is 0 Å². The van der Waals surface area contributed by atoms with E-state index < -0.39 is 53.2 Å². The van der Waals surface area contributed by atoms with Gasteiger partial charge in [0.1, 0.15) is 17.1 Å². The molecule has 3 saturated heterocycles. The molecule has 28 nitrogen and oxygen atoms in total. The molecule has 3 saturated carbocycles. The predicted molar refractivity (Wildman–Crippen MR) is 312 cm³/mol. The molecule has 3 aliphatic carbocycles. The molecule has 468 valence electrons. The molecule has 3 aromatic carbocycles. The summed E-state index contributed by atoms with van der Waals surface area (Å²) in [6, 6.07) is 32.9. The zero-order valence-corrected chi connectivity index (χ0v) is 49.7. The number of aromatic nitrogens is 5. The number of nitrogens with one attached hydrogen (secondary N) is 4. The first kappa shape index (κ1) is 62.8. The average Bonchev–Trinajstić information content (AvgIpc) is 2.53. The Balaban J connectivity index is 0.000000139. The topological polar surface area (TPSA) is 433 Å². The average molecular weight is 1280 g/mol. The summed E-state index contributed by atoms with van der Waals surface area (Å²) >= 11 is 0. The maximum absolute atomic E-state index is 12.4. The van der Waals surface area contributed by atoms with Gasteiger partial charge in [-0.3, -0.25) is 33.6 Å². The summed E-state index contributed by atoms with van der Waals surface area (Å²) in [7, 11) is -8.96. The molecular formula is C58H60N10O18S3. The molecule has 31 heteroatoms. The monoisotopic (exact) mass is 1280 g/mol. The van der Waals surface area contributed by atoms with Gasteiger partial charge in [0.05, 0.1) is 52.9 Å². The number of rotatable bonds is 17. The number of benzene rings is 3. The molecule has 0 radical (unpaired) electrons.